The van der Waals surface area contributed by atoms with Gasteiger partial charge in [-0.05, 0) is 97.1 Å². The summed E-state index contributed by atoms with van der Waals surface area (Å²) in [5, 5.41) is 4.21. The Labute approximate surface area is 271 Å². The van der Waals surface area contributed by atoms with E-state index in [1.165, 1.54) is 12.5 Å². The van der Waals surface area contributed by atoms with Gasteiger partial charge in [0.1, 0.15) is 11.5 Å². The Morgan fingerprint density at radius 2 is 0.851 bits per heavy atom. The van der Waals surface area contributed by atoms with Crippen molar-refractivity contribution in [2.45, 2.75) is 9.79 Å². The molecule has 0 N–H and O–H groups in total. The van der Waals surface area contributed by atoms with E-state index in [1.54, 1.807) is 24.3 Å². The molecule has 0 aliphatic heterocycles. The first kappa shape index (κ1) is 28.4. The number of nitrogens with zero attached hydrogens (tertiary/aromatic N) is 2. The highest BCUT2D eigenvalue weighted by molar-refractivity contribution is 7.91. The van der Waals surface area contributed by atoms with Gasteiger partial charge < -0.3 is 18.6 Å². The highest BCUT2D eigenvalue weighted by Crippen LogP contribution is 2.36. The summed E-state index contributed by atoms with van der Waals surface area (Å²) >= 11 is 0. The largest absolute Gasteiger partial charge is 0.466 e. The molecule has 0 saturated carbocycles. The summed E-state index contributed by atoms with van der Waals surface area (Å²) in [4.78, 5) is 0.450. The van der Waals surface area contributed by atoms with Crippen LogP contribution in [0.3, 0.4) is 0 Å². The number of aromatic nitrogens is 2. The minimum Gasteiger partial charge on any atom is -0.466 e. The van der Waals surface area contributed by atoms with Crippen molar-refractivity contribution in [2.24, 2.45) is 0 Å². The molecule has 47 heavy (non-hydrogen) atoms. The number of rotatable bonds is 8. The van der Waals surface area contributed by atoms with Crippen molar-refractivity contribution < 1.29 is 17.9 Å². The quantitative estimate of drug-likeness (QED) is 0.157. The highest BCUT2D eigenvalue weighted by atomic mass is 32.2. The second kappa shape index (κ2) is 11.1. The number of fused-ring (bicyclic) bond motifs is 6. The third kappa shape index (κ3) is 4.59. The minimum absolute atomic E-state index is 0.225. The summed E-state index contributed by atoms with van der Waals surface area (Å²) in [5.74, 6) is 1.40. The zero-order chi connectivity index (χ0) is 32.1. The fourth-order valence-electron chi connectivity index (χ4n) is 6.48. The number of sulfone groups is 1. The van der Waals surface area contributed by atoms with Crippen molar-refractivity contribution in [1.82, 2.24) is 9.13 Å². The van der Waals surface area contributed by atoms with E-state index in [2.05, 4.69) is 46.6 Å². The van der Waals surface area contributed by atoms with Crippen LogP contribution in [0.2, 0.25) is 0 Å². The van der Waals surface area contributed by atoms with Gasteiger partial charge in [-0.15, -0.1) is 0 Å². The van der Waals surface area contributed by atoms with E-state index >= 15 is 0 Å². The fourth-order valence-corrected chi connectivity index (χ4v) is 7.75. The Bertz CT molecular complexity index is 2440. The summed E-state index contributed by atoms with van der Waals surface area (Å²) in [6.07, 6.45) is 2.82. The van der Waals surface area contributed by atoms with Gasteiger partial charge in [0.2, 0.25) is 9.84 Å². The number of para-hydroxylation sites is 2. The van der Waals surface area contributed by atoms with E-state index in [4.69, 9.17) is 9.47 Å². The second-order valence-corrected chi connectivity index (χ2v) is 13.1. The third-order valence-corrected chi connectivity index (χ3v) is 10.3. The third-order valence-electron chi connectivity index (χ3n) is 8.54. The van der Waals surface area contributed by atoms with Crippen molar-refractivity contribution >= 4 is 53.4 Å². The van der Waals surface area contributed by atoms with Gasteiger partial charge in [-0.25, -0.2) is 8.42 Å². The Hall–Kier alpha value is -6.05. The van der Waals surface area contributed by atoms with Gasteiger partial charge >= 0.3 is 0 Å². The van der Waals surface area contributed by atoms with Crippen molar-refractivity contribution in [2.75, 3.05) is 0 Å². The summed E-state index contributed by atoms with van der Waals surface area (Å²) in [7, 11) is -3.77. The predicted molar refractivity (Wildman–Crippen MR) is 189 cm³/mol. The molecule has 8 aromatic rings. The van der Waals surface area contributed by atoms with Crippen molar-refractivity contribution in [3.8, 4) is 22.9 Å². The van der Waals surface area contributed by atoms with Crippen LogP contribution >= 0.6 is 0 Å². The maximum absolute atomic E-state index is 13.8. The van der Waals surface area contributed by atoms with E-state index in [1.807, 2.05) is 84.9 Å². The van der Waals surface area contributed by atoms with Crippen molar-refractivity contribution in [3.63, 3.8) is 0 Å². The topological polar surface area (TPSA) is 62.5 Å². The van der Waals surface area contributed by atoms with Crippen LogP contribution in [0.15, 0.2) is 169 Å². The standard InChI is InChI=1S/C40H28N2O4S/c1-3-45-29-17-23-39-35(25-29)33-9-5-7-11-37(33)41(39)27-13-19-31(20-14-27)47(43,44)32-21-15-28(16-22-32)42-38-12-8-6-10-34(38)36-26-30(46-4-2)18-24-40(36)42/h3-26H,1-2H2. The van der Waals surface area contributed by atoms with Gasteiger partial charge in [0.05, 0.1) is 44.4 Å². The molecule has 0 saturated heterocycles. The van der Waals surface area contributed by atoms with E-state index < -0.39 is 9.84 Å². The smallest absolute Gasteiger partial charge is 0.206 e. The van der Waals surface area contributed by atoms with E-state index in [9.17, 15) is 8.42 Å². The van der Waals surface area contributed by atoms with Gasteiger partial charge in [0.15, 0.2) is 0 Å². The van der Waals surface area contributed by atoms with Crippen LogP contribution in [0, 0.1) is 0 Å². The Balaban J connectivity index is 1.16. The van der Waals surface area contributed by atoms with Crippen LogP contribution in [-0.2, 0) is 9.84 Å². The average Bonchev–Trinajstić information content (AvgIpc) is 3.61. The highest BCUT2D eigenvalue weighted by Gasteiger charge is 2.20. The molecule has 6 aromatic carbocycles. The second-order valence-electron chi connectivity index (χ2n) is 11.1. The number of ether oxygens (including phenoxy) is 2. The molecule has 2 aromatic heterocycles. The van der Waals surface area contributed by atoms with Gasteiger partial charge in [0, 0.05) is 32.9 Å². The number of hydrogen-bond acceptors (Lipinski definition) is 4. The lowest BCUT2D eigenvalue weighted by atomic mass is 10.1. The SMILES string of the molecule is C=COc1ccc2c(c1)c1ccccc1n2-c1ccc(S(=O)(=O)c2ccc(-n3c4ccccc4c4cc(OC=C)ccc43)cc2)cc1. The lowest BCUT2D eigenvalue weighted by molar-refractivity contribution is 0.484. The minimum atomic E-state index is -3.77. The first-order chi connectivity index (χ1) is 23.0. The van der Waals surface area contributed by atoms with Crippen molar-refractivity contribution in [3.05, 3.63) is 159 Å². The molecule has 0 atom stereocenters. The summed E-state index contributed by atoms with van der Waals surface area (Å²) in [5.41, 5.74) is 5.72. The normalized spacial score (nSPS) is 11.7. The molecule has 0 aliphatic rings. The molecule has 8 rings (SSSR count). The molecular weight excluding hydrogens is 605 g/mol. The average molecular weight is 633 g/mol. The van der Waals surface area contributed by atoms with Crippen LogP contribution < -0.4 is 9.47 Å². The van der Waals surface area contributed by atoms with Crippen molar-refractivity contribution in [1.29, 1.82) is 0 Å². The van der Waals surface area contributed by atoms with Gasteiger partial charge in [-0.3, -0.25) is 0 Å². The van der Waals surface area contributed by atoms with Crippen LogP contribution in [0.1, 0.15) is 0 Å². The molecule has 0 fully saturated rings. The predicted octanol–water partition coefficient (Wildman–Crippen LogP) is 9.76. The van der Waals surface area contributed by atoms with E-state index in [0.29, 0.717) is 11.5 Å². The maximum Gasteiger partial charge on any atom is 0.206 e. The summed E-state index contributed by atoms with van der Waals surface area (Å²) in [6.45, 7) is 7.32. The van der Waals surface area contributed by atoms with E-state index in [0.717, 1.165) is 55.0 Å². The molecule has 0 aliphatic carbocycles. The van der Waals surface area contributed by atoms with Gasteiger partial charge in [0.25, 0.3) is 0 Å². The Morgan fingerprint density at radius 3 is 1.26 bits per heavy atom. The summed E-state index contributed by atoms with van der Waals surface area (Å²) in [6, 6.07) is 42.1. The summed E-state index contributed by atoms with van der Waals surface area (Å²) < 4.78 is 43.0. The van der Waals surface area contributed by atoms with Crippen LogP contribution in [0.4, 0.5) is 0 Å². The Morgan fingerprint density at radius 1 is 0.468 bits per heavy atom. The Kier molecular flexibility index (Phi) is 6.70. The molecule has 228 valence electrons. The molecule has 0 spiro atoms. The first-order valence-electron chi connectivity index (χ1n) is 15.1. The zero-order valence-electron chi connectivity index (χ0n) is 25.2. The molecule has 0 radical (unpaired) electrons. The molecule has 0 unspecified atom stereocenters. The van der Waals surface area contributed by atoms with Gasteiger partial charge in [-0.1, -0.05) is 49.6 Å². The number of benzene rings is 6. The maximum atomic E-state index is 13.8. The van der Waals surface area contributed by atoms with Crippen LogP contribution in [-0.4, -0.2) is 17.6 Å². The van der Waals surface area contributed by atoms with Crippen LogP contribution in [0.5, 0.6) is 11.5 Å². The first-order valence-corrected chi connectivity index (χ1v) is 16.5. The molecule has 7 heteroatoms. The molecular formula is C40H28N2O4S. The molecule has 0 amide bonds. The lowest BCUT2D eigenvalue weighted by Gasteiger charge is -2.11. The van der Waals surface area contributed by atoms with E-state index in [-0.39, 0.29) is 9.79 Å². The lowest BCUT2D eigenvalue weighted by Crippen LogP contribution is -2.03. The van der Waals surface area contributed by atoms with Crippen LogP contribution in [0.25, 0.3) is 55.0 Å². The number of hydrogen-bond donors (Lipinski definition) is 0. The zero-order valence-corrected chi connectivity index (χ0v) is 26.0. The van der Waals surface area contributed by atoms with Gasteiger partial charge in [-0.2, -0.15) is 0 Å². The molecule has 2 heterocycles. The molecule has 0 bridgehead atoms. The monoisotopic (exact) mass is 632 g/mol. The fraction of sp³-hybridized carbons (Fsp3) is 0. The molecule has 6 nitrogen and oxygen atoms in total.